The molecule has 0 atom stereocenters. The van der Waals surface area contributed by atoms with Crippen LogP contribution >= 0.6 is 0 Å². The van der Waals surface area contributed by atoms with Crippen LogP contribution < -0.4 is 18.9 Å². The van der Waals surface area contributed by atoms with E-state index in [1.54, 1.807) is 0 Å². The second kappa shape index (κ2) is 49.9. The Bertz CT molecular complexity index is 3360. The van der Waals surface area contributed by atoms with Crippen molar-refractivity contribution in [2.75, 3.05) is 26.4 Å². The minimum absolute atomic E-state index is 0.620. The molecular weight excluding hydrogens is 1190 g/mol. The first-order valence-electron chi connectivity index (χ1n) is 39.6. The summed E-state index contributed by atoms with van der Waals surface area (Å²) in [5.74, 6) is 31.2. The molecule has 0 bridgehead atoms. The highest BCUT2D eigenvalue weighted by Gasteiger charge is 2.14. The van der Waals surface area contributed by atoms with Crippen LogP contribution in [0, 0.1) is 47.4 Å². The Morgan fingerprint density at radius 3 is 0.643 bits per heavy atom. The van der Waals surface area contributed by atoms with E-state index in [2.05, 4.69) is 209 Å². The fourth-order valence-electron chi connectivity index (χ4n) is 12.8. The molecule has 7 aromatic rings. The second-order valence-electron chi connectivity index (χ2n) is 27.5. The lowest BCUT2D eigenvalue weighted by Crippen LogP contribution is -2.03. The quantitative estimate of drug-likeness (QED) is 0.0281. The first-order valence-corrected chi connectivity index (χ1v) is 39.6. The molecule has 0 heterocycles. The van der Waals surface area contributed by atoms with Gasteiger partial charge in [0.15, 0.2) is 0 Å². The van der Waals surface area contributed by atoms with Gasteiger partial charge >= 0.3 is 0 Å². The molecule has 7 rings (SSSR count). The molecule has 0 aromatic heterocycles. The molecule has 522 valence electrons. The molecule has 0 saturated carbocycles. The summed E-state index contributed by atoms with van der Waals surface area (Å²) >= 11 is 0. The Morgan fingerprint density at radius 2 is 0.398 bits per heavy atom. The molecule has 4 heteroatoms. The average molecular weight is 1320 g/mol. The SMILES string of the molecule is CCCCCCCCCCCCOc1cc(C#Cc2ccc3ccccc3c2)c(OCCCCCCCCCCCC)cc1C#Cc1ccc(C#Cc2cc(OCCCCCCCCCCCC)c(C#Cc3ccc4ccccc4c3)cc2OCCCCCCCCCCCC)cc1. The Balaban J connectivity index is 1.13. The van der Waals surface area contributed by atoms with E-state index >= 15 is 0 Å². The largest absolute Gasteiger partial charge is 0.492 e. The molecule has 0 aliphatic rings. The van der Waals surface area contributed by atoms with Crippen molar-refractivity contribution in [2.45, 2.75) is 285 Å². The minimum Gasteiger partial charge on any atom is -0.492 e. The third-order valence-corrected chi connectivity index (χ3v) is 18.9. The molecule has 0 N–H and O–H groups in total. The van der Waals surface area contributed by atoms with E-state index in [9.17, 15) is 0 Å². The van der Waals surface area contributed by atoms with Crippen LogP contribution in [0.5, 0.6) is 23.0 Å². The predicted octanol–water partition coefficient (Wildman–Crippen LogP) is 26.8. The van der Waals surface area contributed by atoms with Crippen LogP contribution in [-0.4, -0.2) is 26.4 Å². The first-order chi connectivity index (χ1) is 48.5. The maximum Gasteiger partial charge on any atom is 0.136 e. The summed E-state index contributed by atoms with van der Waals surface area (Å²) in [6.07, 6.45) is 50.8. The van der Waals surface area contributed by atoms with Gasteiger partial charge in [-0.25, -0.2) is 0 Å². The molecule has 0 aliphatic carbocycles. The zero-order valence-electron chi connectivity index (χ0n) is 61.4. The van der Waals surface area contributed by atoms with Gasteiger partial charge in [0, 0.05) is 46.5 Å². The third-order valence-electron chi connectivity index (χ3n) is 18.9. The fraction of sp³-hybridized carbons (Fsp3) is 0.511. The lowest BCUT2D eigenvalue weighted by atomic mass is 10.0. The first kappa shape index (κ1) is 77.8. The summed E-state index contributed by atoms with van der Waals surface area (Å²) in [6.45, 7) is 11.6. The van der Waals surface area contributed by atoms with Gasteiger partial charge in [-0.05, 0) is 95.8 Å². The minimum atomic E-state index is 0.620. The molecule has 0 unspecified atom stereocenters. The third kappa shape index (κ3) is 31.6. The van der Waals surface area contributed by atoms with Gasteiger partial charge in [0.05, 0.1) is 48.7 Å². The number of benzene rings is 7. The maximum absolute atomic E-state index is 6.73. The molecule has 4 nitrogen and oxygen atoms in total. The van der Waals surface area contributed by atoms with E-state index in [1.807, 2.05) is 0 Å². The highest BCUT2D eigenvalue weighted by atomic mass is 16.5. The van der Waals surface area contributed by atoms with Crippen molar-refractivity contribution in [1.82, 2.24) is 0 Å². The molecule has 98 heavy (non-hydrogen) atoms. The highest BCUT2D eigenvalue weighted by molar-refractivity contribution is 5.85. The van der Waals surface area contributed by atoms with Crippen LogP contribution in [0.2, 0.25) is 0 Å². The van der Waals surface area contributed by atoms with Crippen LogP contribution in [-0.2, 0) is 0 Å². The number of hydrogen-bond donors (Lipinski definition) is 0. The summed E-state index contributed by atoms with van der Waals surface area (Å²) in [6, 6.07) is 46.4. The Morgan fingerprint density at radius 1 is 0.194 bits per heavy atom. The lowest BCUT2D eigenvalue weighted by molar-refractivity contribution is 0.295. The summed E-state index contributed by atoms with van der Waals surface area (Å²) in [5, 5.41) is 4.76. The Kier molecular flexibility index (Phi) is 39.7. The standard InChI is InChI=1S/C94H122O4/c1-5-9-13-17-21-25-29-33-37-45-69-95-91-77-89(67-61-81-59-63-83-49-41-43-51-85(83)73-81)93(97-71-47-39-35-31-27-23-19-15-11-7-3)75-87(91)65-57-79-53-55-80(56-54-79)58-66-88-76-94(98-72-48-40-36-32-28-24-20-16-12-8-4)90(68-62-82-60-64-84-50-42-44-52-86(84)74-82)78-92(88)96-70-46-38-34-30-26-22-18-14-10-6-2/h41-44,49-56,59-60,63-64,73-78H,5-40,45-48,69-72H2,1-4H3. The van der Waals surface area contributed by atoms with Crippen molar-refractivity contribution in [3.8, 4) is 70.4 Å². The number of fused-ring (bicyclic) bond motifs is 2. The highest BCUT2D eigenvalue weighted by Crippen LogP contribution is 2.32. The molecule has 0 amide bonds. The van der Waals surface area contributed by atoms with Crippen molar-refractivity contribution in [2.24, 2.45) is 0 Å². The molecule has 7 aromatic carbocycles. The zero-order chi connectivity index (χ0) is 68.4. The predicted molar refractivity (Wildman–Crippen MR) is 420 cm³/mol. The average Bonchev–Trinajstić information content (AvgIpc) is 0.839. The number of ether oxygens (including phenoxy) is 4. The van der Waals surface area contributed by atoms with Gasteiger partial charge in [-0.3, -0.25) is 0 Å². The molecule has 0 fully saturated rings. The topological polar surface area (TPSA) is 36.9 Å². The summed E-state index contributed by atoms with van der Waals surface area (Å²) in [5.41, 5.74) is 6.96. The summed E-state index contributed by atoms with van der Waals surface area (Å²) in [4.78, 5) is 0. The summed E-state index contributed by atoms with van der Waals surface area (Å²) < 4.78 is 26.9. The van der Waals surface area contributed by atoms with Gasteiger partial charge in [0.25, 0.3) is 0 Å². The van der Waals surface area contributed by atoms with E-state index in [0.717, 1.165) is 119 Å². The van der Waals surface area contributed by atoms with Crippen LogP contribution in [0.25, 0.3) is 21.5 Å². The van der Waals surface area contributed by atoms with E-state index in [-0.39, 0.29) is 0 Å². The van der Waals surface area contributed by atoms with Crippen molar-refractivity contribution >= 4 is 21.5 Å². The lowest BCUT2D eigenvalue weighted by Gasteiger charge is -2.14. The van der Waals surface area contributed by atoms with Crippen LogP contribution in [0.15, 0.2) is 133 Å². The number of hydrogen-bond acceptors (Lipinski definition) is 4. The van der Waals surface area contributed by atoms with Gasteiger partial charge < -0.3 is 18.9 Å². The zero-order valence-corrected chi connectivity index (χ0v) is 61.4. The normalized spacial score (nSPS) is 10.9. The molecule has 0 radical (unpaired) electrons. The van der Waals surface area contributed by atoms with Crippen molar-refractivity contribution in [1.29, 1.82) is 0 Å². The number of rotatable bonds is 48. The van der Waals surface area contributed by atoms with Crippen molar-refractivity contribution in [3.63, 3.8) is 0 Å². The van der Waals surface area contributed by atoms with Gasteiger partial charge in [-0.1, -0.05) is 367 Å². The van der Waals surface area contributed by atoms with Crippen molar-refractivity contribution in [3.05, 3.63) is 178 Å². The van der Waals surface area contributed by atoms with Gasteiger partial charge in [0.1, 0.15) is 23.0 Å². The monoisotopic (exact) mass is 1310 g/mol. The second-order valence-corrected chi connectivity index (χ2v) is 27.5. The smallest absolute Gasteiger partial charge is 0.136 e. The van der Waals surface area contributed by atoms with Crippen LogP contribution in [0.1, 0.15) is 329 Å². The van der Waals surface area contributed by atoms with Gasteiger partial charge in [0.2, 0.25) is 0 Å². The van der Waals surface area contributed by atoms with E-state index < -0.39 is 0 Å². The summed E-state index contributed by atoms with van der Waals surface area (Å²) in [7, 11) is 0. The Hall–Kier alpha value is -7.50. The van der Waals surface area contributed by atoms with E-state index in [4.69, 9.17) is 18.9 Å². The molecule has 0 aliphatic heterocycles. The van der Waals surface area contributed by atoms with Crippen LogP contribution in [0.3, 0.4) is 0 Å². The Labute approximate surface area is 596 Å². The molecule has 0 saturated heterocycles. The van der Waals surface area contributed by atoms with E-state index in [0.29, 0.717) is 26.4 Å². The molecule has 0 spiro atoms. The van der Waals surface area contributed by atoms with Gasteiger partial charge in [-0.15, -0.1) is 0 Å². The number of unbranched alkanes of at least 4 members (excludes halogenated alkanes) is 36. The van der Waals surface area contributed by atoms with Crippen molar-refractivity contribution < 1.29 is 18.9 Å². The maximum atomic E-state index is 6.73. The van der Waals surface area contributed by atoms with Gasteiger partial charge in [-0.2, -0.15) is 0 Å². The molecular formula is C94H122O4. The fourth-order valence-corrected chi connectivity index (χ4v) is 12.8. The van der Waals surface area contributed by atoms with E-state index in [1.165, 1.54) is 227 Å². The van der Waals surface area contributed by atoms with Crippen LogP contribution in [0.4, 0.5) is 0 Å².